The molecule has 0 unspecified atom stereocenters. The van der Waals surface area contributed by atoms with Crippen LogP contribution in [-0.4, -0.2) is 5.11 Å². The van der Waals surface area contributed by atoms with E-state index < -0.39 is 11.7 Å². The van der Waals surface area contributed by atoms with E-state index in [2.05, 4.69) is 5.32 Å². The molecule has 0 heterocycles. The zero-order valence-corrected chi connectivity index (χ0v) is 16.0. The first-order valence-corrected chi connectivity index (χ1v) is 8.47. The van der Waals surface area contributed by atoms with Crippen LogP contribution in [0.25, 0.3) is 0 Å². The molecule has 26 heavy (non-hydrogen) atoms. The summed E-state index contributed by atoms with van der Waals surface area (Å²) in [6.45, 7) is 11.9. The lowest BCUT2D eigenvalue weighted by Gasteiger charge is -2.27. The van der Waals surface area contributed by atoms with Crippen LogP contribution in [0.5, 0.6) is 5.75 Å². The fourth-order valence-electron chi connectivity index (χ4n) is 2.65. The molecule has 0 aliphatic carbocycles. The van der Waals surface area contributed by atoms with E-state index in [1.165, 1.54) is 18.2 Å². The van der Waals surface area contributed by atoms with Gasteiger partial charge in [-0.05, 0) is 34.6 Å². The molecule has 0 atom stereocenters. The smallest absolute Gasteiger partial charge is 0.418 e. The molecule has 2 nitrogen and oxygen atoms in total. The van der Waals surface area contributed by atoms with Crippen LogP contribution in [0.2, 0.25) is 0 Å². The van der Waals surface area contributed by atoms with Gasteiger partial charge in [0.15, 0.2) is 0 Å². The SMILES string of the molecule is CC(C)(C)c1cc([N]c2ccccc2C(F)(F)F)c(O)c(C(C)(C)C)c1. The van der Waals surface area contributed by atoms with Gasteiger partial charge in [0.25, 0.3) is 0 Å². The van der Waals surface area contributed by atoms with E-state index in [1.54, 1.807) is 6.07 Å². The van der Waals surface area contributed by atoms with E-state index >= 15 is 0 Å². The maximum atomic E-state index is 13.3. The van der Waals surface area contributed by atoms with Crippen LogP contribution < -0.4 is 5.32 Å². The third kappa shape index (κ3) is 4.32. The average Bonchev–Trinajstić information content (AvgIpc) is 2.46. The fourth-order valence-corrected chi connectivity index (χ4v) is 2.65. The van der Waals surface area contributed by atoms with Gasteiger partial charge in [0.1, 0.15) is 11.4 Å². The third-order valence-electron chi connectivity index (χ3n) is 4.21. The predicted molar refractivity (Wildman–Crippen MR) is 98.4 cm³/mol. The van der Waals surface area contributed by atoms with Crippen molar-refractivity contribution < 1.29 is 18.3 Å². The van der Waals surface area contributed by atoms with Crippen molar-refractivity contribution in [3.05, 3.63) is 53.1 Å². The first-order chi connectivity index (χ1) is 11.7. The predicted octanol–water partition coefficient (Wildman–Crippen LogP) is 6.57. The minimum absolute atomic E-state index is 0.0810. The van der Waals surface area contributed by atoms with E-state index in [9.17, 15) is 18.3 Å². The topological polar surface area (TPSA) is 34.3 Å². The largest absolute Gasteiger partial charge is 0.505 e. The van der Waals surface area contributed by atoms with Crippen molar-refractivity contribution in [2.24, 2.45) is 0 Å². The Labute approximate surface area is 153 Å². The minimum atomic E-state index is -4.51. The number of aromatic hydroxyl groups is 1. The lowest BCUT2D eigenvalue weighted by molar-refractivity contribution is -0.137. The highest BCUT2D eigenvalue weighted by molar-refractivity contribution is 5.65. The normalized spacial score (nSPS) is 13.0. The fraction of sp³-hybridized carbons (Fsp3) is 0.429. The summed E-state index contributed by atoms with van der Waals surface area (Å²) in [5, 5.41) is 14.9. The number of hydrogen-bond acceptors (Lipinski definition) is 1. The maximum Gasteiger partial charge on any atom is 0.418 e. The Morgan fingerprint density at radius 2 is 1.35 bits per heavy atom. The molecule has 0 saturated heterocycles. The lowest BCUT2D eigenvalue weighted by atomic mass is 9.79. The second-order valence-electron chi connectivity index (χ2n) is 8.52. The van der Waals surface area contributed by atoms with Gasteiger partial charge >= 0.3 is 6.18 Å². The van der Waals surface area contributed by atoms with Crippen molar-refractivity contribution in [2.75, 3.05) is 0 Å². The third-order valence-corrected chi connectivity index (χ3v) is 4.21. The van der Waals surface area contributed by atoms with E-state index in [0.29, 0.717) is 5.56 Å². The molecule has 0 aliphatic heterocycles. The molecule has 0 aromatic heterocycles. The summed E-state index contributed by atoms with van der Waals surface area (Å²) in [6.07, 6.45) is -4.51. The molecule has 0 saturated carbocycles. The molecule has 1 N–H and O–H groups in total. The molecule has 5 heteroatoms. The quantitative estimate of drug-likeness (QED) is 0.642. The highest BCUT2D eigenvalue weighted by Gasteiger charge is 2.34. The van der Waals surface area contributed by atoms with Crippen LogP contribution in [0.4, 0.5) is 24.5 Å². The van der Waals surface area contributed by atoms with Crippen LogP contribution in [0.1, 0.15) is 58.2 Å². The Kier molecular flexibility index (Phi) is 5.06. The van der Waals surface area contributed by atoms with Gasteiger partial charge in [0, 0.05) is 5.56 Å². The molecule has 0 amide bonds. The molecule has 1 radical (unpaired) electrons. The first kappa shape index (κ1) is 20.1. The Morgan fingerprint density at radius 1 is 0.769 bits per heavy atom. The van der Waals surface area contributed by atoms with Gasteiger partial charge < -0.3 is 5.11 Å². The number of halogens is 3. The zero-order chi connectivity index (χ0) is 19.9. The van der Waals surface area contributed by atoms with Crippen LogP contribution in [0, 0.1) is 0 Å². The van der Waals surface area contributed by atoms with E-state index in [-0.39, 0.29) is 28.0 Å². The van der Waals surface area contributed by atoms with E-state index in [4.69, 9.17) is 0 Å². The number of phenols is 1. The molecule has 0 spiro atoms. The summed E-state index contributed by atoms with van der Waals surface area (Å²) >= 11 is 0. The summed E-state index contributed by atoms with van der Waals surface area (Å²) in [6, 6.07) is 8.70. The highest BCUT2D eigenvalue weighted by atomic mass is 19.4. The number of hydrogen-bond donors (Lipinski definition) is 1. The first-order valence-electron chi connectivity index (χ1n) is 8.47. The van der Waals surface area contributed by atoms with Crippen molar-refractivity contribution in [2.45, 2.75) is 58.5 Å². The van der Waals surface area contributed by atoms with Crippen molar-refractivity contribution in [1.29, 1.82) is 0 Å². The number of para-hydroxylation sites is 1. The van der Waals surface area contributed by atoms with Gasteiger partial charge in [-0.25, -0.2) is 5.32 Å². The van der Waals surface area contributed by atoms with Crippen molar-refractivity contribution in [3.8, 4) is 5.75 Å². The van der Waals surface area contributed by atoms with E-state index in [0.717, 1.165) is 11.6 Å². The van der Waals surface area contributed by atoms with Gasteiger partial charge in [-0.15, -0.1) is 0 Å². The number of nitrogens with zero attached hydrogens (tertiary/aromatic N) is 1. The Morgan fingerprint density at radius 3 is 1.85 bits per heavy atom. The molecule has 2 aromatic carbocycles. The van der Waals surface area contributed by atoms with Gasteiger partial charge in [0.2, 0.25) is 0 Å². The Hall–Kier alpha value is -2.17. The molecule has 2 aromatic rings. The van der Waals surface area contributed by atoms with Crippen LogP contribution >= 0.6 is 0 Å². The van der Waals surface area contributed by atoms with Crippen LogP contribution in [0.15, 0.2) is 36.4 Å². The summed E-state index contributed by atoms with van der Waals surface area (Å²) in [5.41, 5.74) is 0.0792. The number of phenolic OH excluding ortho intramolecular Hbond substituents is 1. The second kappa shape index (κ2) is 6.53. The van der Waals surface area contributed by atoms with E-state index in [1.807, 2.05) is 47.6 Å². The van der Waals surface area contributed by atoms with Crippen LogP contribution in [-0.2, 0) is 17.0 Å². The van der Waals surface area contributed by atoms with Gasteiger partial charge in [-0.2, -0.15) is 13.2 Å². The van der Waals surface area contributed by atoms with Crippen molar-refractivity contribution in [3.63, 3.8) is 0 Å². The summed E-state index contributed by atoms with van der Waals surface area (Å²) in [5.74, 6) is -0.0810. The zero-order valence-electron chi connectivity index (χ0n) is 16.0. The molecule has 0 fully saturated rings. The van der Waals surface area contributed by atoms with Crippen molar-refractivity contribution >= 4 is 11.4 Å². The second-order valence-corrected chi connectivity index (χ2v) is 8.52. The number of benzene rings is 2. The summed E-state index contributed by atoms with van der Waals surface area (Å²) < 4.78 is 39.8. The Bertz CT molecular complexity index is 796. The minimum Gasteiger partial charge on any atom is -0.505 e. The molecular formula is C21H25F3NO. The molecule has 0 bridgehead atoms. The lowest BCUT2D eigenvalue weighted by Crippen LogP contribution is -2.17. The number of rotatable bonds is 2. The monoisotopic (exact) mass is 364 g/mol. The average molecular weight is 364 g/mol. The molecule has 141 valence electrons. The molecule has 0 aliphatic rings. The molecule has 2 rings (SSSR count). The highest BCUT2D eigenvalue weighted by Crippen LogP contribution is 2.43. The standard InChI is InChI=1S/C21H25F3NO/c1-19(2,3)13-11-15(20(4,5)6)18(26)17(12-13)25-16-10-8-7-9-14(16)21(22,23)24/h7-12,26H,1-6H3. The number of alkyl halides is 3. The Balaban J connectivity index is 2.64. The molecular weight excluding hydrogens is 339 g/mol. The van der Waals surface area contributed by atoms with Crippen molar-refractivity contribution in [1.82, 2.24) is 5.32 Å². The maximum absolute atomic E-state index is 13.3. The van der Waals surface area contributed by atoms with Gasteiger partial charge in [-0.3, -0.25) is 0 Å². The van der Waals surface area contributed by atoms with Crippen LogP contribution in [0.3, 0.4) is 0 Å². The summed E-state index contributed by atoms with van der Waals surface area (Å²) in [4.78, 5) is 0. The summed E-state index contributed by atoms with van der Waals surface area (Å²) in [7, 11) is 0. The van der Waals surface area contributed by atoms with Gasteiger partial charge in [0.05, 0.1) is 11.3 Å². The van der Waals surface area contributed by atoms with Gasteiger partial charge in [-0.1, -0.05) is 59.7 Å².